The van der Waals surface area contributed by atoms with Crippen LogP contribution in [-0.4, -0.2) is 48.3 Å². The van der Waals surface area contributed by atoms with Crippen LogP contribution in [0.15, 0.2) is 40.0 Å². The molecule has 1 aromatic heterocycles. The predicted octanol–water partition coefficient (Wildman–Crippen LogP) is 1.69. The van der Waals surface area contributed by atoms with Crippen molar-refractivity contribution in [2.45, 2.75) is 31.4 Å². The minimum atomic E-state index is -3.93. The van der Waals surface area contributed by atoms with Crippen molar-refractivity contribution in [3.8, 4) is 0 Å². The molecule has 1 aliphatic rings. The number of hydrogen-bond acceptors (Lipinski definition) is 6. The van der Waals surface area contributed by atoms with Crippen molar-refractivity contribution < 1.29 is 17.6 Å². The van der Waals surface area contributed by atoms with Crippen molar-refractivity contribution in [1.29, 1.82) is 0 Å². The second-order valence-corrected chi connectivity index (χ2v) is 8.34. The quantitative estimate of drug-likeness (QED) is 0.802. The maximum Gasteiger partial charge on any atom is 0.336 e. The van der Waals surface area contributed by atoms with E-state index in [1.807, 2.05) is 30.3 Å². The van der Waals surface area contributed by atoms with Crippen LogP contribution < -0.4 is 0 Å². The molecule has 0 N–H and O–H groups in total. The summed E-state index contributed by atoms with van der Waals surface area (Å²) in [6, 6.07) is 9.42. The molecule has 8 heteroatoms. The lowest BCUT2D eigenvalue weighted by atomic mass is 10.0. The van der Waals surface area contributed by atoms with Gasteiger partial charge in [-0.05, 0) is 24.3 Å². The Morgan fingerprint density at radius 3 is 2.76 bits per heavy atom. The van der Waals surface area contributed by atoms with E-state index in [4.69, 9.17) is 4.42 Å². The SMILES string of the molecule is CC1CCCN(C(=O)CS(=O)(=O)c2nnc(Cc3ccccc3)o2)C1. The van der Waals surface area contributed by atoms with Crippen molar-refractivity contribution in [3.05, 3.63) is 41.8 Å². The summed E-state index contributed by atoms with van der Waals surface area (Å²) in [7, 11) is -3.93. The van der Waals surface area contributed by atoms with Crippen LogP contribution in [0.3, 0.4) is 0 Å². The molecule has 1 aliphatic heterocycles. The summed E-state index contributed by atoms with van der Waals surface area (Å²) in [4.78, 5) is 13.9. The first-order valence-electron chi connectivity index (χ1n) is 8.31. The fourth-order valence-electron chi connectivity index (χ4n) is 2.94. The minimum Gasteiger partial charge on any atom is -0.412 e. The van der Waals surface area contributed by atoms with Crippen LogP contribution in [-0.2, 0) is 21.1 Å². The number of likely N-dealkylation sites (tertiary alicyclic amines) is 1. The highest BCUT2D eigenvalue weighted by Crippen LogP contribution is 2.18. The predicted molar refractivity (Wildman–Crippen MR) is 90.6 cm³/mol. The third kappa shape index (κ3) is 4.45. The van der Waals surface area contributed by atoms with Crippen molar-refractivity contribution in [1.82, 2.24) is 15.1 Å². The van der Waals surface area contributed by atoms with Gasteiger partial charge >= 0.3 is 5.22 Å². The van der Waals surface area contributed by atoms with Crippen LogP contribution in [0, 0.1) is 5.92 Å². The van der Waals surface area contributed by atoms with Gasteiger partial charge in [0.15, 0.2) is 0 Å². The number of aromatic nitrogens is 2. The highest BCUT2D eigenvalue weighted by atomic mass is 32.2. The van der Waals surface area contributed by atoms with Gasteiger partial charge in [-0.1, -0.05) is 42.4 Å². The standard InChI is InChI=1S/C17H21N3O4S/c1-13-6-5-9-20(11-13)16(21)12-25(22,23)17-19-18-15(24-17)10-14-7-3-2-4-8-14/h2-4,7-8,13H,5-6,9-12H2,1H3. The number of sulfone groups is 1. The lowest BCUT2D eigenvalue weighted by Crippen LogP contribution is -2.42. The Hall–Kier alpha value is -2.22. The van der Waals surface area contributed by atoms with Crippen molar-refractivity contribution in [2.24, 2.45) is 5.92 Å². The molecule has 1 amide bonds. The molecule has 1 atom stereocenters. The molecule has 0 spiro atoms. The molecule has 0 saturated carbocycles. The summed E-state index contributed by atoms with van der Waals surface area (Å²) in [5.41, 5.74) is 0.938. The number of rotatable bonds is 5. The smallest absolute Gasteiger partial charge is 0.336 e. The van der Waals surface area contributed by atoms with Gasteiger partial charge in [-0.25, -0.2) is 8.42 Å². The van der Waals surface area contributed by atoms with Crippen LogP contribution in [0.2, 0.25) is 0 Å². The van der Waals surface area contributed by atoms with Crippen LogP contribution in [0.1, 0.15) is 31.2 Å². The number of carbonyl (C=O) groups is 1. The van der Waals surface area contributed by atoms with Crippen LogP contribution in [0.4, 0.5) is 0 Å². The van der Waals surface area contributed by atoms with Crippen LogP contribution in [0.5, 0.6) is 0 Å². The Labute approximate surface area is 147 Å². The zero-order chi connectivity index (χ0) is 17.9. The third-order valence-corrected chi connectivity index (χ3v) is 5.56. The largest absolute Gasteiger partial charge is 0.412 e. The Morgan fingerprint density at radius 1 is 1.28 bits per heavy atom. The third-order valence-electron chi connectivity index (χ3n) is 4.24. The van der Waals surface area contributed by atoms with E-state index in [9.17, 15) is 13.2 Å². The molecule has 1 unspecified atom stereocenters. The lowest BCUT2D eigenvalue weighted by Gasteiger charge is -2.30. The highest BCUT2D eigenvalue weighted by molar-refractivity contribution is 7.91. The first kappa shape index (κ1) is 17.6. The second-order valence-electron chi connectivity index (χ2n) is 6.47. The second kappa shape index (κ2) is 7.35. The van der Waals surface area contributed by atoms with Gasteiger partial charge in [0.25, 0.3) is 0 Å². The topological polar surface area (TPSA) is 93.4 Å². The van der Waals surface area contributed by atoms with E-state index < -0.39 is 26.7 Å². The molecule has 2 aromatic rings. The molecular formula is C17H21N3O4S. The average Bonchev–Trinajstić information content (AvgIpc) is 3.05. The number of benzene rings is 1. The summed E-state index contributed by atoms with van der Waals surface area (Å²) >= 11 is 0. The molecule has 0 bridgehead atoms. The average molecular weight is 363 g/mol. The van der Waals surface area contributed by atoms with Crippen LogP contribution >= 0.6 is 0 Å². The van der Waals surface area contributed by atoms with Gasteiger partial charge in [0.2, 0.25) is 21.6 Å². The van der Waals surface area contributed by atoms with Gasteiger partial charge in [0.05, 0.1) is 6.42 Å². The Bertz CT molecular complexity index is 833. The lowest BCUT2D eigenvalue weighted by molar-refractivity contribution is -0.130. The van der Waals surface area contributed by atoms with E-state index in [-0.39, 0.29) is 5.89 Å². The molecule has 134 valence electrons. The van der Waals surface area contributed by atoms with E-state index in [0.717, 1.165) is 18.4 Å². The number of hydrogen-bond donors (Lipinski definition) is 0. The molecule has 1 aromatic carbocycles. The van der Waals surface area contributed by atoms with Gasteiger partial charge in [-0.2, -0.15) is 0 Å². The van der Waals surface area contributed by atoms with Crippen molar-refractivity contribution >= 4 is 15.7 Å². The van der Waals surface area contributed by atoms with E-state index in [2.05, 4.69) is 17.1 Å². The fourth-order valence-corrected chi connectivity index (χ4v) is 3.96. The molecule has 7 nitrogen and oxygen atoms in total. The van der Waals surface area contributed by atoms with Gasteiger partial charge in [-0.3, -0.25) is 4.79 Å². The van der Waals surface area contributed by atoms with Crippen molar-refractivity contribution in [3.63, 3.8) is 0 Å². The molecular weight excluding hydrogens is 342 g/mol. The zero-order valence-corrected chi connectivity index (χ0v) is 14.9. The molecule has 2 heterocycles. The number of carbonyl (C=O) groups excluding carboxylic acids is 1. The molecule has 3 rings (SSSR count). The Balaban J connectivity index is 1.67. The highest BCUT2D eigenvalue weighted by Gasteiger charge is 2.30. The fraction of sp³-hybridized carbons (Fsp3) is 0.471. The monoisotopic (exact) mass is 363 g/mol. The summed E-state index contributed by atoms with van der Waals surface area (Å²) in [5, 5.41) is 6.92. The van der Waals surface area contributed by atoms with Gasteiger partial charge < -0.3 is 9.32 Å². The molecule has 0 radical (unpaired) electrons. The summed E-state index contributed by atoms with van der Waals surface area (Å²) in [6.45, 7) is 3.25. The number of nitrogens with zero attached hydrogens (tertiary/aromatic N) is 3. The van der Waals surface area contributed by atoms with E-state index in [1.165, 1.54) is 0 Å². The van der Waals surface area contributed by atoms with E-state index >= 15 is 0 Å². The zero-order valence-electron chi connectivity index (χ0n) is 14.1. The maximum atomic E-state index is 12.4. The Morgan fingerprint density at radius 2 is 2.04 bits per heavy atom. The maximum absolute atomic E-state index is 12.4. The van der Waals surface area contributed by atoms with E-state index in [0.29, 0.717) is 25.4 Å². The first-order valence-corrected chi connectivity index (χ1v) is 9.96. The first-order chi connectivity index (χ1) is 11.9. The molecule has 1 saturated heterocycles. The van der Waals surface area contributed by atoms with Gasteiger partial charge in [0.1, 0.15) is 5.75 Å². The van der Waals surface area contributed by atoms with Gasteiger partial charge in [-0.15, -0.1) is 5.10 Å². The normalized spacial score (nSPS) is 18.3. The molecule has 0 aliphatic carbocycles. The Kier molecular flexibility index (Phi) is 5.17. The van der Waals surface area contributed by atoms with Crippen LogP contribution in [0.25, 0.3) is 0 Å². The molecule has 1 fully saturated rings. The van der Waals surface area contributed by atoms with Gasteiger partial charge in [0, 0.05) is 13.1 Å². The number of piperidine rings is 1. The minimum absolute atomic E-state index is 0.212. The van der Waals surface area contributed by atoms with E-state index in [1.54, 1.807) is 4.90 Å². The van der Waals surface area contributed by atoms with Crippen molar-refractivity contribution in [2.75, 3.05) is 18.8 Å². The molecule has 25 heavy (non-hydrogen) atoms. The summed E-state index contributed by atoms with van der Waals surface area (Å²) in [5.74, 6) is -0.438. The summed E-state index contributed by atoms with van der Waals surface area (Å²) in [6.07, 6.45) is 2.30. The number of amides is 1. The summed E-state index contributed by atoms with van der Waals surface area (Å²) < 4.78 is 30.1.